The lowest BCUT2D eigenvalue weighted by atomic mass is 9.88. The van der Waals surface area contributed by atoms with Crippen LogP contribution in [0.5, 0.6) is 0 Å². The Bertz CT molecular complexity index is 826. The van der Waals surface area contributed by atoms with Crippen LogP contribution in [0.25, 0.3) is 0 Å². The van der Waals surface area contributed by atoms with E-state index in [2.05, 4.69) is 33.8 Å². The van der Waals surface area contributed by atoms with Crippen LogP contribution < -0.4 is 10.6 Å². The van der Waals surface area contributed by atoms with Crippen molar-refractivity contribution in [3.05, 3.63) is 35.4 Å². The van der Waals surface area contributed by atoms with Crippen LogP contribution in [0.1, 0.15) is 24.0 Å². The zero-order valence-electron chi connectivity index (χ0n) is 16.3. The van der Waals surface area contributed by atoms with Gasteiger partial charge in [0.05, 0.1) is 11.5 Å². The number of benzene rings is 1. The summed E-state index contributed by atoms with van der Waals surface area (Å²) in [5.41, 5.74) is 2.71. The minimum absolute atomic E-state index is 0. The molecule has 1 aromatic rings. The third kappa shape index (κ3) is 6.33. The van der Waals surface area contributed by atoms with Crippen molar-refractivity contribution in [2.24, 2.45) is 4.99 Å². The summed E-state index contributed by atoms with van der Waals surface area (Å²) < 4.78 is 23.5. The zero-order chi connectivity index (χ0) is 19.4. The quantitative estimate of drug-likeness (QED) is 0.351. The Hall–Kier alpha value is -1.36. The lowest BCUT2D eigenvalue weighted by Crippen LogP contribution is -2.49. The molecule has 0 saturated carbocycles. The van der Waals surface area contributed by atoms with Crippen LogP contribution in [0.4, 0.5) is 0 Å². The number of sulfone groups is 1. The van der Waals surface area contributed by atoms with E-state index < -0.39 is 9.84 Å². The van der Waals surface area contributed by atoms with Gasteiger partial charge in [-0.15, -0.1) is 24.0 Å². The first-order valence-electron chi connectivity index (χ1n) is 9.37. The first kappa shape index (κ1) is 22.9. The summed E-state index contributed by atoms with van der Waals surface area (Å²) in [6.07, 6.45) is 3.43. The largest absolute Gasteiger partial charge is 0.353 e. The van der Waals surface area contributed by atoms with Crippen LogP contribution >= 0.6 is 24.0 Å². The molecular formula is C19H29IN4O3S. The van der Waals surface area contributed by atoms with Crippen LogP contribution in [-0.4, -0.2) is 69.4 Å². The van der Waals surface area contributed by atoms with Gasteiger partial charge in [-0.05, 0) is 36.8 Å². The van der Waals surface area contributed by atoms with Gasteiger partial charge in [-0.2, -0.15) is 0 Å². The van der Waals surface area contributed by atoms with Gasteiger partial charge in [-0.3, -0.25) is 4.79 Å². The van der Waals surface area contributed by atoms with Gasteiger partial charge in [0.15, 0.2) is 15.8 Å². The Labute approximate surface area is 184 Å². The Kier molecular flexibility index (Phi) is 8.11. The van der Waals surface area contributed by atoms with Gasteiger partial charge in [-0.25, -0.2) is 13.4 Å². The van der Waals surface area contributed by atoms with E-state index >= 15 is 0 Å². The molecule has 0 bridgehead atoms. The number of nitrogens with zero attached hydrogens (tertiary/aromatic N) is 2. The second-order valence-corrected chi connectivity index (χ2v) is 9.78. The molecule has 0 spiro atoms. The van der Waals surface area contributed by atoms with Gasteiger partial charge in [0.25, 0.3) is 0 Å². The summed E-state index contributed by atoms with van der Waals surface area (Å²) in [6, 6.07) is 8.47. The van der Waals surface area contributed by atoms with E-state index in [1.165, 1.54) is 16.0 Å². The molecule has 156 valence electrons. The van der Waals surface area contributed by atoms with E-state index in [9.17, 15) is 13.2 Å². The number of carbonyl (C=O) groups excluding carboxylic acids is 1. The molecule has 1 amide bonds. The summed E-state index contributed by atoms with van der Waals surface area (Å²) in [6.45, 7) is 0.0328. The van der Waals surface area contributed by atoms with Crippen molar-refractivity contribution >= 4 is 45.7 Å². The topological polar surface area (TPSA) is 90.9 Å². The summed E-state index contributed by atoms with van der Waals surface area (Å²) in [5.74, 6) is 0.745. The maximum atomic E-state index is 11.9. The van der Waals surface area contributed by atoms with Crippen molar-refractivity contribution in [3.63, 3.8) is 0 Å². The summed E-state index contributed by atoms with van der Waals surface area (Å²) in [7, 11) is 0.410. The maximum Gasteiger partial charge on any atom is 0.243 e. The highest BCUT2D eigenvalue weighted by Crippen LogP contribution is 2.21. The number of fused-ring (bicyclic) bond motifs is 1. The smallest absolute Gasteiger partial charge is 0.243 e. The molecule has 2 aliphatic rings. The second kappa shape index (κ2) is 9.91. The fourth-order valence-electron chi connectivity index (χ4n) is 3.54. The Balaban J connectivity index is 0.00000280. The minimum Gasteiger partial charge on any atom is -0.353 e. The van der Waals surface area contributed by atoms with Crippen LogP contribution in [-0.2, 0) is 27.5 Å². The number of aryl methyl sites for hydroxylation is 1. The molecule has 1 aliphatic heterocycles. The number of hydrogen-bond donors (Lipinski definition) is 2. The number of carbonyl (C=O) groups is 1. The standard InChI is InChI=1S/C19H28N4O3S.HI/c1-23(2)18(24)12-20-19(22-17-9-10-27(25,26)13-17)21-16-8-7-14-5-3-4-6-15(14)11-16;/h3-6,16-17H,7-13H2,1-2H3,(H2,20,21,22);1H. The van der Waals surface area contributed by atoms with Crippen molar-refractivity contribution in [2.45, 2.75) is 37.8 Å². The van der Waals surface area contributed by atoms with Crippen LogP contribution in [0, 0.1) is 0 Å². The highest BCUT2D eigenvalue weighted by molar-refractivity contribution is 14.0. The number of hydrogen-bond acceptors (Lipinski definition) is 4. The second-order valence-electron chi connectivity index (χ2n) is 7.55. The average Bonchev–Trinajstić information content (AvgIpc) is 2.97. The molecular weight excluding hydrogens is 491 g/mol. The van der Waals surface area contributed by atoms with Crippen molar-refractivity contribution in [3.8, 4) is 0 Å². The van der Waals surface area contributed by atoms with Gasteiger partial charge in [0, 0.05) is 26.2 Å². The molecule has 1 heterocycles. The van der Waals surface area contributed by atoms with Crippen LogP contribution in [0.3, 0.4) is 0 Å². The van der Waals surface area contributed by atoms with Gasteiger partial charge >= 0.3 is 0 Å². The Morgan fingerprint density at radius 1 is 1.14 bits per heavy atom. The number of guanidine groups is 1. The van der Waals surface area contributed by atoms with Crippen molar-refractivity contribution in [2.75, 3.05) is 32.1 Å². The average molecular weight is 520 g/mol. The SMILES string of the molecule is CN(C)C(=O)CN=C(NC1CCc2ccccc2C1)NC1CCS(=O)(=O)C1.I. The molecule has 1 saturated heterocycles. The molecule has 1 aromatic carbocycles. The summed E-state index contributed by atoms with van der Waals surface area (Å²) in [4.78, 5) is 17.8. The monoisotopic (exact) mass is 520 g/mol. The number of halogens is 1. The van der Waals surface area contributed by atoms with E-state index in [0.717, 1.165) is 19.3 Å². The highest BCUT2D eigenvalue weighted by Gasteiger charge is 2.29. The van der Waals surface area contributed by atoms with E-state index in [1.807, 2.05) is 6.07 Å². The number of rotatable bonds is 4. The molecule has 9 heteroatoms. The fourth-order valence-corrected chi connectivity index (χ4v) is 5.21. The molecule has 1 fully saturated rings. The van der Waals surface area contributed by atoms with E-state index in [0.29, 0.717) is 12.4 Å². The summed E-state index contributed by atoms with van der Waals surface area (Å²) >= 11 is 0. The number of likely N-dealkylation sites (N-methyl/N-ethyl adjacent to an activating group) is 1. The zero-order valence-corrected chi connectivity index (χ0v) is 19.5. The molecule has 1 aliphatic carbocycles. The molecule has 0 aromatic heterocycles. The van der Waals surface area contributed by atoms with E-state index in [4.69, 9.17) is 0 Å². The fraction of sp³-hybridized carbons (Fsp3) is 0.579. The number of amides is 1. The van der Waals surface area contributed by atoms with Crippen molar-refractivity contribution in [1.82, 2.24) is 15.5 Å². The van der Waals surface area contributed by atoms with Gasteiger partial charge in [0.2, 0.25) is 5.91 Å². The Morgan fingerprint density at radius 2 is 1.82 bits per heavy atom. The Morgan fingerprint density at radius 3 is 2.46 bits per heavy atom. The molecule has 28 heavy (non-hydrogen) atoms. The lowest BCUT2D eigenvalue weighted by molar-refractivity contribution is -0.127. The third-order valence-corrected chi connectivity index (χ3v) is 6.90. The lowest BCUT2D eigenvalue weighted by Gasteiger charge is -2.28. The first-order chi connectivity index (χ1) is 12.8. The maximum absolute atomic E-state index is 11.9. The molecule has 2 atom stereocenters. The molecule has 2 unspecified atom stereocenters. The normalized spacial score (nSPS) is 23.3. The predicted octanol–water partition coefficient (Wildman–Crippen LogP) is 0.972. The van der Waals surface area contributed by atoms with E-state index in [-0.39, 0.29) is 60.0 Å². The molecule has 0 radical (unpaired) electrons. The minimum atomic E-state index is -2.98. The van der Waals surface area contributed by atoms with Crippen molar-refractivity contribution in [1.29, 1.82) is 0 Å². The van der Waals surface area contributed by atoms with Crippen LogP contribution in [0.2, 0.25) is 0 Å². The first-order valence-corrected chi connectivity index (χ1v) is 11.2. The summed E-state index contributed by atoms with van der Waals surface area (Å²) in [5, 5.41) is 6.64. The van der Waals surface area contributed by atoms with Gasteiger partial charge < -0.3 is 15.5 Å². The highest BCUT2D eigenvalue weighted by atomic mass is 127. The third-order valence-electron chi connectivity index (χ3n) is 5.13. The van der Waals surface area contributed by atoms with Gasteiger partial charge in [-0.1, -0.05) is 24.3 Å². The number of aliphatic imine (C=N–C) groups is 1. The van der Waals surface area contributed by atoms with Crippen LogP contribution in [0.15, 0.2) is 29.3 Å². The van der Waals surface area contributed by atoms with Crippen molar-refractivity contribution < 1.29 is 13.2 Å². The molecule has 2 N–H and O–H groups in total. The van der Waals surface area contributed by atoms with Gasteiger partial charge in [0.1, 0.15) is 6.54 Å². The van der Waals surface area contributed by atoms with E-state index in [1.54, 1.807) is 14.1 Å². The number of nitrogens with one attached hydrogen (secondary N) is 2. The predicted molar refractivity (Wildman–Crippen MR) is 122 cm³/mol. The molecule has 3 rings (SSSR count). The molecule has 7 nitrogen and oxygen atoms in total.